The molecule has 1 atom stereocenters. The van der Waals surface area contributed by atoms with Crippen molar-refractivity contribution in [2.75, 3.05) is 0 Å². The topological polar surface area (TPSA) is 107 Å². The Hall–Kier alpha value is -1.41. The fourth-order valence-corrected chi connectivity index (χ4v) is 4.15. The Kier molecular flexibility index (Phi) is 5.48. The summed E-state index contributed by atoms with van der Waals surface area (Å²) in [6.45, 7) is 1.87. The number of nitrogens with two attached hydrogens (primary N) is 1. The van der Waals surface area contributed by atoms with E-state index in [1.54, 1.807) is 0 Å². The van der Waals surface area contributed by atoms with Crippen LogP contribution in [0.3, 0.4) is 0 Å². The molecule has 1 aliphatic carbocycles. The van der Waals surface area contributed by atoms with E-state index in [1.165, 1.54) is 11.1 Å². The zero-order chi connectivity index (χ0) is 18.0. The second-order valence-corrected chi connectivity index (χ2v) is 7.57. The first-order chi connectivity index (χ1) is 11.9. The predicted octanol–water partition coefficient (Wildman–Crippen LogP) is 1.21. The van der Waals surface area contributed by atoms with E-state index < -0.39 is 18.6 Å². The van der Waals surface area contributed by atoms with E-state index in [-0.39, 0.29) is 12.2 Å². The number of carboxylic acids is 1. The fourth-order valence-electron chi connectivity index (χ4n) is 4.15. The van der Waals surface area contributed by atoms with E-state index in [0.717, 1.165) is 25.9 Å². The number of unbranched alkanes of at least 4 members (excludes halogenated alkanes) is 1. The number of hydrogen-bond donors (Lipinski definition) is 4. The van der Waals surface area contributed by atoms with Gasteiger partial charge in [0.2, 0.25) is 0 Å². The van der Waals surface area contributed by atoms with Gasteiger partial charge in [-0.2, -0.15) is 0 Å². The Morgan fingerprint density at radius 3 is 2.32 bits per heavy atom. The van der Waals surface area contributed by atoms with Crippen LogP contribution in [-0.4, -0.2) is 44.7 Å². The number of nitrogens with zero attached hydrogens (tertiary/aromatic N) is 1. The lowest BCUT2D eigenvalue weighted by molar-refractivity contribution is -0.149. The van der Waals surface area contributed by atoms with E-state index in [1.807, 2.05) is 0 Å². The highest BCUT2D eigenvalue weighted by Crippen LogP contribution is 2.43. The SMILES string of the molecule is NC(CCCCB(O)O)(C(=O)O)[C@H]1C[C@@H](N2Cc3ccccc3C2)C1. The summed E-state index contributed by atoms with van der Waals surface area (Å²) >= 11 is 0. The molecular formula is C18H27BN2O4. The molecule has 7 heteroatoms. The molecule has 1 aromatic carbocycles. The molecule has 1 saturated carbocycles. The number of benzene rings is 1. The standard InChI is InChI=1S/C18H27BN2O4/c20-18(17(22)23,7-3-4-8-19(24)25)15-9-16(10-15)21-11-13-5-1-2-6-14(13)12-21/h1-2,5-6,15-16,24-25H,3-4,7-12,20H2,(H,22,23)/t15-,16+,18?. The van der Waals surface area contributed by atoms with Crippen LogP contribution in [0.5, 0.6) is 0 Å². The molecule has 1 unspecified atom stereocenters. The van der Waals surface area contributed by atoms with Gasteiger partial charge in [-0.05, 0) is 42.6 Å². The summed E-state index contributed by atoms with van der Waals surface area (Å²) in [4.78, 5) is 14.2. The summed E-state index contributed by atoms with van der Waals surface area (Å²) in [7, 11) is -1.33. The van der Waals surface area contributed by atoms with Crippen molar-refractivity contribution in [3.05, 3.63) is 35.4 Å². The first-order valence-electron chi connectivity index (χ1n) is 9.09. The minimum absolute atomic E-state index is 0.0160. The van der Waals surface area contributed by atoms with Gasteiger partial charge in [0, 0.05) is 19.1 Å². The summed E-state index contributed by atoms with van der Waals surface area (Å²) < 4.78 is 0. The molecule has 1 heterocycles. The molecule has 2 aliphatic rings. The highest BCUT2D eigenvalue weighted by atomic mass is 16.4. The first-order valence-corrected chi connectivity index (χ1v) is 9.09. The Labute approximate surface area is 148 Å². The maximum atomic E-state index is 11.8. The van der Waals surface area contributed by atoms with Gasteiger partial charge >= 0.3 is 13.1 Å². The van der Waals surface area contributed by atoms with Crippen LogP contribution < -0.4 is 5.73 Å². The normalized spacial score (nSPS) is 25.1. The zero-order valence-electron chi connectivity index (χ0n) is 14.5. The molecule has 0 bridgehead atoms. The van der Waals surface area contributed by atoms with Crippen molar-refractivity contribution in [3.63, 3.8) is 0 Å². The van der Waals surface area contributed by atoms with Crippen molar-refractivity contribution in [2.24, 2.45) is 11.7 Å². The molecule has 6 nitrogen and oxygen atoms in total. The quantitative estimate of drug-likeness (QED) is 0.416. The average molecular weight is 346 g/mol. The summed E-state index contributed by atoms with van der Waals surface area (Å²) in [5, 5.41) is 27.4. The van der Waals surface area contributed by atoms with Crippen LogP contribution in [0.25, 0.3) is 0 Å². The number of rotatable bonds is 8. The molecule has 0 spiro atoms. The number of aliphatic carboxylic acids is 1. The summed E-state index contributed by atoms with van der Waals surface area (Å²) in [5.41, 5.74) is 7.79. The van der Waals surface area contributed by atoms with Gasteiger partial charge in [-0.15, -0.1) is 0 Å². The third kappa shape index (κ3) is 3.90. The van der Waals surface area contributed by atoms with Crippen molar-refractivity contribution in [1.29, 1.82) is 0 Å². The van der Waals surface area contributed by atoms with Gasteiger partial charge in [0.25, 0.3) is 0 Å². The van der Waals surface area contributed by atoms with Gasteiger partial charge in [-0.25, -0.2) is 0 Å². The Bertz CT molecular complexity index is 596. The molecule has 3 rings (SSSR count). The Balaban J connectivity index is 1.51. The van der Waals surface area contributed by atoms with Crippen LogP contribution in [0.2, 0.25) is 6.32 Å². The molecule has 0 saturated heterocycles. The second-order valence-electron chi connectivity index (χ2n) is 7.57. The molecule has 0 aromatic heterocycles. The molecule has 1 aliphatic heterocycles. The summed E-state index contributed by atoms with van der Waals surface area (Å²) in [6.07, 6.45) is 3.44. The van der Waals surface area contributed by atoms with Crippen molar-refractivity contribution in [2.45, 2.75) is 63.1 Å². The Morgan fingerprint density at radius 2 is 1.80 bits per heavy atom. The number of carboxylic acid groups (broad SMARTS) is 1. The van der Waals surface area contributed by atoms with Crippen molar-refractivity contribution in [3.8, 4) is 0 Å². The van der Waals surface area contributed by atoms with Gasteiger partial charge in [-0.1, -0.05) is 37.1 Å². The second kappa shape index (κ2) is 7.46. The maximum Gasteiger partial charge on any atom is 0.451 e. The highest BCUT2D eigenvalue weighted by molar-refractivity contribution is 6.40. The molecule has 1 fully saturated rings. The van der Waals surface area contributed by atoms with Crippen LogP contribution in [0.1, 0.15) is 43.2 Å². The molecule has 136 valence electrons. The van der Waals surface area contributed by atoms with Gasteiger partial charge in [0.05, 0.1) is 0 Å². The van der Waals surface area contributed by atoms with Gasteiger partial charge in [-0.3, -0.25) is 9.69 Å². The van der Waals surface area contributed by atoms with Crippen LogP contribution in [0, 0.1) is 5.92 Å². The van der Waals surface area contributed by atoms with Gasteiger partial charge in [0.15, 0.2) is 0 Å². The van der Waals surface area contributed by atoms with Crippen LogP contribution in [0.15, 0.2) is 24.3 Å². The van der Waals surface area contributed by atoms with Crippen LogP contribution in [-0.2, 0) is 17.9 Å². The van der Waals surface area contributed by atoms with E-state index in [9.17, 15) is 9.90 Å². The van der Waals surface area contributed by atoms with Gasteiger partial charge < -0.3 is 20.9 Å². The smallest absolute Gasteiger partial charge is 0.451 e. The van der Waals surface area contributed by atoms with Crippen molar-refractivity contribution < 1.29 is 19.9 Å². The average Bonchev–Trinajstić information content (AvgIpc) is 2.93. The monoisotopic (exact) mass is 346 g/mol. The molecule has 1 aromatic rings. The highest BCUT2D eigenvalue weighted by Gasteiger charge is 2.49. The molecule has 25 heavy (non-hydrogen) atoms. The molecular weight excluding hydrogens is 319 g/mol. The number of fused-ring (bicyclic) bond motifs is 1. The predicted molar refractivity (Wildman–Crippen MR) is 95.6 cm³/mol. The Morgan fingerprint density at radius 1 is 1.20 bits per heavy atom. The van der Waals surface area contributed by atoms with Crippen LogP contribution >= 0.6 is 0 Å². The van der Waals surface area contributed by atoms with E-state index in [4.69, 9.17) is 15.8 Å². The van der Waals surface area contributed by atoms with Crippen LogP contribution in [0.4, 0.5) is 0 Å². The maximum absolute atomic E-state index is 11.8. The van der Waals surface area contributed by atoms with Gasteiger partial charge in [0.1, 0.15) is 5.54 Å². The van der Waals surface area contributed by atoms with E-state index in [2.05, 4.69) is 29.2 Å². The first kappa shape index (κ1) is 18.4. The number of hydrogen-bond acceptors (Lipinski definition) is 5. The third-order valence-electron chi connectivity index (χ3n) is 5.92. The summed E-state index contributed by atoms with van der Waals surface area (Å²) in [6, 6.07) is 8.84. The molecule has 0 radical (unpaired) electrons. The summed E-state index contributed by atoms with van der Waals surface area (Å²) in [5.74, 6) is -0.956. The minimum atomic E-state index is -1.33. The third-order valence-corrected chi connectivity index (χ3v) is 5.92. The zero-order valence-corrected chi connectivity index (χ0v) is 14.5. The van der Waals surface area contributed by atoms with E-state index >= 15 is 0 Å². The molecule has 0 amide bonds. The number of carbonyl (C=O) groups is 1. The molecule has 5 N–H and O–H groups in total. The van der Waals surface area contributed by atoms with Crippen molar-refractivity contribution >= 4 is 13.1 Å². The fraction of sp³-hybridized carbons (Fsp3) is 0.611. The lowest BCUT2D eigenvalue weighted by Gasteiger charge is -2.48. The van der Waals surface area contributed by atoms with Crippen molar-refractivity contribution in [1.82, 2.24) is 4.90 Å². The lowest BCUT2D eigenvalue weighted by Crippen LogP contribution is -2.61. The largest absolute Gasteiger partial charge is 0.480 e. The lowest BCUT2D eigenvalue weighted by atomic mass is 9.65. The minimum Gasteiger partial charge on any atom is -0.480 e. The van der Waals surface area contributed by atoms with E-state index in [0.29, 0.717) is 25.3 Å².